The quantitative estimate of drug-likeness (QED) is 0.511. The van der Waals surface area contributed by atoms with E-state index >= 15 is 0 Å². The van der Waals surface area contributed by atoms with Crippen LogP contribution in [0.4, 0.5) is 14.9 Å². The van der Waals surface area contributed by atoms with Crippen molar-refractivity contribution in [2.24, 2.45) is 0 Å². The lowest BCUT2D eigenvalue weighted by Gasteiger charge is -2.31. The maximum Gasteiger partial charge on any atom is 0.315 e. The Balaban J connectivity index is 1.48. The van der Waals surface area contributed by atoms with Crippen molar-refractivity contribution in [3.63, 3.8) is 0 Å². The zero-order chi connectivity index (χ0) is 23.0. The van der Waals surface area contributed by atoms with Gasteiger partial charge in [0.05, 0.1) is 19.3 Å². The van der Waals surface area contributed by atoms with Crippen molar-refractivity contribution in [1.82, 2.24) is 10.6 Å². The van der Waals surface area contributed by atoms with Crippen LogP contribution < -0.4 is 15.5 Å². The monoisotopic (exact) mass is 449 g/mol. The van der Waals surface area contributed by atoms with Gasteiger partial charge in [0, 0.05) is 25.3 Å². The van der Waals surface area contributed by atoms with Gasteiger partial charge in [0.25, 0.3) is 0 Å². The van der Waals surface area contributed by atoms with Gasteiger partial charge in [-0.2, -0.15) is 0 Å². The predicted octanol–water partition coefficient (Wildman–Crippen LogP) is 3.94. The second-order valence-corrected chi connectivity index (χ2v) is 7.94. The summed E-state index contributed by atoms with van der Waals surface area (Å²) in [4.78, 5) is 15.0. The van der Waals surface area contributed by atoms with Crippen LogP contribution in [-0.2, 0) is 11.3 Å². The number of halogens is 1. The molecule has 3 aromatic carbocycles. The number of anilines is 1. The highest BCUT2D eigenvalue weighted by Gasteiger charge is 2.25. The molecular formula is C26H28FN3O3. The fourth-order valence-corrected chi connectivity index (χ4v) is 4.02. The van der Waals surface area contributed by atoms with Gasteiger partial charge >= 0.3 is 6.03 Å². The molecule has 1 saturated heterocycles. The first-order valence-corrected chi connectivity index (χ1v) is 11.1. The van der Waals surface area contributed by atoms with Crippen LogP contribution in [0.25, 0.3) is 0 Å². The summed E-state index contributed by atoms with van der Waals surface area (Å²) >= 11 is 0. The molecule has 4 rings (SSSR count). The molecule has 3 N–H and O–H groups in total. The van der Waals surface area contributed by atoms with E-state index in [0.717, 1.165) is 11.3 Å². The number of morpholine rings is 1. The van der Waals surface area contributed by atoms with E-state index in [-0.39, 0.29) is 12.4 Å². The van der Waals surface area contributed by atoms with Crippen LogP contribution in [0, 0.1) is 5.82 Å². The minimum atomic E-state index is -0.933. The fraction of sp³-hybridized carbons (Fsp3) is 0.269. The Kier molecular flexibility index (Phi) is 7.55. The average Bonchev–Trinajstić information content (AvgIpc) is 2.87. The number of amides is 2. The minimum Gasteiger partial charge on any atom is -0.386 e. The van der Waals surface area contributed by atoms with E-state index in [9.17, 15) is 14.3 Å². The first kappa shape index (κ1) is 22.8. The Morgan fingerprint density at radius 3 is 2.27 bits per heavy atom. The van der Waals surface area contributed by atoms with Gasteiger partial charge in [-0.05, 0) is 34.9 Å². The molecule has 1 fully saturated rings. The minimum absolute atomic E-state index is 0.152. The summed E-state index contributed by atoms with van der Waals surface area (Å²) in [6.07, 6.45) is -0.933. The zero-order valence-electron chi connectivity index (χ0n) is 18.3. The van der Waals surface area contributed by atoms with Gasteiger partial charge in [-0.1, -0.05) is 60.7 Å². The van der Waals surface area contributed by atoms with Crippen molar-refractivity contribution in [1.29, 1.82) is 0 Å². The van der Waals surface area contributed by atoms with Crippen molar-refractivity contribution < 1.29 is 19.0 Å². The Hall–Kier alpha value is -3.42. The molecule has 172 valence electrons. The van der Waals surface area contributed by atoms with Crippen LogP contribution in [0.5, 0.6) is 0 Å². The zero-order valence-corrected chi connectivity index (χ0v) is 18.3. The average molecular weight is 450 g/mol. The van der Waals surface area contributed by atoms with Gasteiger partial charge < -0.3 is 25.4 Å². The maximum atomic E-state index is 14.0. The predicted molar refractivity (Wildman–Crippen MR) is 125 cm³/mol. The van der Waals surface area contributed by atoms with Crippen molar-refractivity contribution in [2.75, 3.05) is 31.2 Å². The smallest absolute Gasteiger partial charge is 0.315 e. The Morgan fingerprint density at radius 1 is 0.970 bits per heavy atom. The number of benzene rings is 3. The molecule has 7 heteroatoms. The van der Waals surface area contributed by atoms with Gasteiger partial charge in [-0.15, -0.1) is 0 Å². The van der Waals surface area contributed by atoms with Crippen LogP contribution in [0.2, 0.25) is 0 Å². The van der Waals surface area contributed by atoms with E-state index < -0.39 is 18.2 Å². The van der Waals surface area contributed by atoms with Gasteiger partial charge in [-0.3, -0.25) is 0 Å². The first-order chi connectivity index (χ1) is 16.1. The molecule has 0 spiro atoms. The number of nitrogens with zero attached hydrogens (tertiary/aromatic N) is 1. The molecule has 0 aliphatic carbocycles. The summed E-state index contributed by atoms with van der Waals surface area (Å²) in [6, 6.07) is 22.0. The standard InChI is InChI=1S/C26H28FN3O3/c27-22-11-12-23(30-13-15-33-16-14-30)21(17-22)18-28-26(32)29-24(19-7-3-1-4-8-19)25(31)20-9-5-2-6-10-20/h1-12,17,24-25,31H,13-16,18H2,(H2,28,29,32)/t24-,25+/m0/s1. The highest BCUT2D eigenvalue weighted by atomic mass is 19.1. The SMILES string of the molecule is O=C(NCc1cc(F)ccc1N1CCOCC1)N[C@@H](c1ccccc1)[C@H](O)c1ccccc1. The third kappa shape index (κ3) is 5.88. The van der Waals surface area contributed by atoms with E-state index in [1.807, 2.05) is 60.7 Å². The lowest BCUT2D eigenvalue weighted by atomic mass is 9.96. The molecule has 0 aromatic heterocycles. The molecule has 1 aliphatic rings. The Bertz CT molecular complexity index is 1040. The molecule has 3 aromatic rings. The first-order valence-electron chi connectivity index (χ1n) is 11.1. The normalized spacial score (nSPS) is 15.5. The van der Waals surface area contributed by atoms with E-state index in [1.165, 1.54) is 12.1 Å². The largest absolute Gasteiger partial charge is 0.386 e. The summed E-state index contributed by atoms with van der Waals surface area (Å²) in [6.45, 7) is 2.80. The molecule has 0 bridgehead atoms. The molecule has 1 heterocycles. The summed E-state index contributed by atoms with van der Waals surface area (Å²) in [5.74, 6) is -0.356. The third-order valence-corrected chi connectivity index (χ3v) is 5.73. The maximum absolute atomic E-state index is 14.0. The molecule has 0 radical (unpaired) electrons. The van der Waals surface area contributed by atoms with Crippen LogP contribution in [-0.4, -0.2) is 37.4 Å². The Morgan fingerprint density at radius 2 is 1.61 bits per heavy atom. The summed E-state index contributed by atoms with van der Waals surface area (Å²) in [5.41, 5.74) is 3.05. The number of hydrogen-bond acceptors (Lipinski definition) is 4. The molecule has 2 atom stereocenters. The van der Waals surface area contributed by atoms with Gasteiger partial charge in [0.2, 0.25) is 0 Å². The number of carbonyl (C=O) groups is 1. The van der Waals surface area contributed by atoms with Gasteiger partial charge in [0.15, 0.2) is 0 Å². The number of ether oxygens (including phenoxy) is 1. The highest BCUT2D eigenvalue weighted by Crippen LogP contribution is 2.29. The fourth-order valence-electron chi connectivity index (χ4n) is 4.02. The molecule has 0 unspecified atom stereocenters. The lowest BCUT2D eigenvalue weighted by molar-refractivity contribution is 0.122. The van der Waals surface area contributed by atoms with Crippen LogP contribution in [0.3, 0.4) is 0 Å². The van der Waals surface area contributed by atoms with E-state index in [0.29, 0.717) is 37.4 Å². The second kappa shape index (κ2) is 10.9. The van der Waals surface area contributed by atoms with Crippen molar-refractivity contribution in [3.8, 4) is 0 Å². The van der Waals surface area contributed by atoms with Crippen molar-refractivity contribution >= 4 is 11.7 Å². The third-order valence-electron chi connectivity index (χ3n) is 5.73. The number of carbonyl (C=O) groups excluding carboxylic acids is 1. The number of aliphatic hydroxyl groups is 1. The molecule has 6 nitrogen and oxygen atoms in total. The van der Waals surface area contributed by atoms with Crippen molar-refractivity contribution in [3.05, 3.63) is 101 Å². The number of aliphatic hydroxyl groups excluding tert-OH is 1. The highest BCUT2D eigenvalue weighted by molar-refractivity contribution is 5.75. The lowest BCUT2D eigenvalue weighted by Crippen LogP contribution is -2.40. The van der Waals surface area contributed by atoms with E-state index in [4.69, 9.17) is 4.74 Å². The molecular weight excluding hydrogens is 421 g/mol. The molecule has 33 heavy (non-hydrogen) atoms. The van der Waals surface area contributed by atoms with E-state index in [1.54, 1.807) is 6.07 Å². The Labute approximate surface area is 193 Å². The van der Waals surface area contributed by atoms with E-state index in [2.05, 4.69) is 15.5 Å². The van der Waals surface area contributed by atoms with Crippen LogP contribution >= 0.6 is 0 Å². The molecule has 2 amide bonds. The topological polar surface area (TPSA) is 73.8 Å². The number of rotatable bonds is 7. The van der Waals surface area contributed by atoms with Crippen LogP contribution in [0.1, 0.15) is 28.8 Å². The molecule has 0 saturated carbocycles. The molecule has 1 aliphatic heterocycles. The van der Waals surface area contributed by atoms with Gasteiger partial charge in [0.1, 0.15) is 11.9 Å². The van der Waals surface area contributed by atoms with Crippen molar-refractivity contribution in [2.45, 2.75) is 18.7 Å². The second-order valence-electron chi connectivity index (χ2n) is 7.94. The summed E-state index contributed by atoms with van der Waals surface area (Å²) in [5, 5.41) is 16.7. The number of hydrogen-bond donors (Lipinski definition) is 3. The van der Waals surface area contributed by atoms with Crippen LogP contribution in [0.15, 0.2) is 78.9 Å². The number of nitrogens with one attached hydrogen (secondary N) is 2. The summed E-state index contributed by atoms with van der Waals surface area (Å²) < 4.78 is 19.4. The summed E-state index contributed by atoms with van der Waals surface area (Å²) in [7, 11) is 0. The van der Waals surface area contributed by atoms with Gasteiger partial charge in [-0.25, -0.2) is 9.18 Å². The number of urea groups is 1.